The topological polar surface area (TPSA) is 75.6 Å². The molecule has 6 heteroatoms. The number of nitrogens with one attached hydrogen (secondary N) is 1. The van der Waals surface area contributed by atoms with E-state index in [1.54, 1.807) is 0 Å². The van der Waals surface area contributed by atoms with Crippen LogP contribution in [0.5, 0.6) is 0 Å². The zero-order chi connectivity index (χ0) is 11.9. The molecular formula is C9H21NO4S. The van der Waals surface area contributed by atoms with Gasteiger partial charge in [-0.2, -0.15) is 0 Å². The molecule has 0 heterocycles. The lowest BCUT2D eigenvalue weighted by Crippen LogP contribution is -2.31. The molecule has 0 saturated heterocycles. The molecule has 0 aliphatic carbocycles. The largest absolute Gasteiger partial charge is 0.391 e. The van der Waals surface area contributed by atoms with Gasteiger partial charge in [0.15, 0.2) is 0 Å². The summed E-state index contributed by atoms with van der Waals surface area (Å²) in [4.78, 5) is 0. The van der Waals surface area contributed by atoms with E-state index in [2.05, 4.69) is 4.72 Å². The molecule has 0 spiro atoms. The first-order valence-corrected chi connectivity index (χ1v) is 6.67. The molecule has 5 nitrogen and oxygen atoms in total. The van der Waals surface area contributed by atoms with Crippen LogP contribution >= 0.6 is 0 Å². The molecule has 0 bridgehead atoms. The summed E-state index contributed by atoms with van der Waals surface area (Å²) >= 11 is 0. The van der Waals surface area contributed by atoms with Gasteiger partial charge in [0.05, 0.1) is 18.5 Å². The van der Waals surface area contributed by atoms with Crippen molar-refractivity contribution in [2.75, 3.05) is 26.0 Å². The van der Waals surface area contributed by atoms with Crippen molar-refractivity contribution in [3.05, 3.63) is 0 Å². The third-order valence-corrected chi connectivity index (χ3v) is 3.46. The maximum atomic E-state index is 11.4. The quantitative estimate of drug-likeness (QED) is 0.623. The van der Waals surface area contributed by atoms with E-state index in [9.17, 15) is 13.5 Å². The van der Waals surface area contributed by atoms with Crippen LogP contribution in [0.3, 0.4) is 0 Å². The fourth-order valence-corrected chi connectivity index (χ4v) is 2.58. The minimum atomic E-state index is -3.19. The Kier molecular flexibility index (Phi) is 7.08. The van der Waals surface area contributed by atoms with Crippen LogP contribution in [0.25, 0.3) is 0 Å². The molecule has 1 unspecified atom stereocenters. The van der Waals surface area contributed by atoms with Crippen LogP contribution in [0.15, 0.2) is 0 Å². The molecule has 0 saturated carbocycles. The summed E-state index contributed by atoms with van der Waals surface area (Å²) in [5, 5.41) is 9.27. The van der Waals surface area contributed by atoms with Gasteiger partial charge in [-0.3, -0.25) is 0 Å². The summed E-state index contributed by atoms with van der Waals surface area (Å²) in [5.74, 6) is 0.222. The molecule has 0 fully saturated rings. The normalized spacial score (nSPS) is 14.5. The molecule has 92 valence electrons. The lowest BCUT2D eigenvalue weighted by Gasteiger charge is -2.11. The van der Waals surface area contributed by atoms with E-state index >= 15 is 0 Å². The number of hydrogen-bond donors (Lipinski definition) is 2. The first-order chi connectivity index (χ1) is 6.87. The highest BCUT2D eigenvalue weighted by Gasteiger charge is 2.12. The summed E-state index contributed by atoms with van der Waals surface area (Å²) < 4.78 is 29.9. The van der Waals surface area contributed by atoms with Crippen LogP contribution in [0.4, 0.5) is 0 Å². The molecule has 2 N–H and O–H groups in total. The molecule has 0 aliphatic heterocycles. The van der Waals surface area contributed by atoms with E-state index in [1.807, 2.05) is 13.8 Å². The van der Waals surface area contributed by atoms with E-state index in [0.29, 0.717) is 6.42 Å². The molecule has 1 atom stereocenters. The SMILES string of the molecule is COCC(O)CCNS(=O)(=O)CC(C)C. The molecule has 0 aromatic carbocycles. The maximum absolute atomic E-state index is 11.4. The molecule has 0 radical (unpaired) electrons. The fourth-order valence-electron chi connectivity index (χ4n) is 1.15. The molecule has 0 aromatic heterocycles. The van der Waals surface area contributed by atoms with Crippen molar-refractivity contribution < 1.29 is 18.3 Å². The highest BCUT2D eigenvalue weighted by Crippen LogP contribution is 1.98. The molecule has 0 rings (SSSR count). The van der Waals surface area contributed by atoms with Gasteiger partial charge >= 0.3 is 0 Å². The van der Waals surface area contributed by atoms with Crippen molar-refractivity contribution in [1.82, 2.24) is 4.72 Å². The monoisotopic (exact) mass is 239 g/mol. The van der Waals surface area contributed by atoms with Crippen LogP contribution in [0, 0.1) is 5.92 Å². The van der Waals surface area contributed by atoms with Crippen LogP contribution in [-0.2, 0) is 14.8 Å². The highest BCUT2D eigenvalue weighted by atomic mass is 32.2. The number of ether oxygens (including phenoxy) is 1. The summed E-state index contributed by atoms with van der Waals surface area (Å²) in [5.41, 5.74) is 0. The Labute approximate surface area is 91.9 Å². The standard InChI is InChI=1S/C9H21NO4S/c1-8(2)7-15(12,13)10-5-4-9(11)6-14-3/h8-11H,4-7H2,1-3H3. The molecule has 15 heavy (non-hydrogen) atoms. The van der Waals surface area contributed by atoms with Gasteiger partial charge in [-0.05, 0) is 12.3 Å². The number of hydrogen-bond acceptors (Lipinski definition) is 4. The maximum Gasteiger partial charge on any atom is 0.211 e. The van der Waals surface area contributed by atoms with Gasteiger partial charge in [0.25, 0.3) is 0 Å². The summed E-state index contributed by atoms with van der Waals surface area (Å²) in [6.07, 6.45) is -0.248. The van der Waals surface area contributed by atoms with Crippen LogP contribution in [0.2, 0.25) is 0 Å². The smallest absolute Gasteiger partial charge is 0.211 e. The predicted octanol–water partition coefficient (Wildman–Crippen LogP) is -0.0408. The summed E-state index contributed by atoms with van der Waals surface area (Å²) in [6.45, 7) is 4.17. The average Bonchev–Trinajstić information content (AvgIpc) is 2.01. The fraction of sp³-hybridized carbons (Fsp3) is 1.00. The van der Waals surface area contributed by atoms with Crippen LogP contribution in [-0.4, -0.2) is 45.6 Å². The first-order valence-electron chi connectivity index (χ1n) is 5.01. The van der Waals surface area contributed by atoms with Crippen molar-refractivity contribution in [2.45, 2.75) is 26.4 Å². The molecule has 0 amide bonds. The van der Waals surface area contributed by atoms with Crippen molar-refractivity contribution in [2.24, 2.45) is 5.92 Å². The molecule has 0 aromatic rings. The van der Waals surface area contributed by atoms with E-state index < -0.39 is 16.1 Å². The summed E-state index contributed by atoms with van der Waals surface area (Å²) in [6, 6.07) is 0. The van der Waals surface area contributed by atoms with E-state index in [4.69, 9.17) is 4.74 Å². The number of aliphatic hydroxyl groups excluding tert-OH is 1. The number of aliphatic hydroxyl groups is 1. The van der Waals surface area contributed by atoms with Gasteiger partial charge in [-0.25, -0.2) is 13.1 Å². The van der Waals surface area contributed by atoms with Gasteiger partial charge in [0, 0.05) is 13.7 Å². The number of methoxy groups -OCH3 is 1. The second-order valence-electron chi connectivity index (χ2n) is 3.97. The van der Waals surface area contributed by atoms with Crippen molar-refractivity contribution >= 4 is 10.0 Å². The van der Waals surface area contributed by atoms with Gasteiger partial charge in [0.2, 0.25) is 10.0 Å². The third kappa shape index (κ3) is 8.80. The van der Waals surface area contributed by atoms with Crippen LogP contribution in [0.1, 0.15) is 20.3 Å². The lowest BCUT2D eigenvalue weighted by molar-refractivity contribution is 0.0603. The highest BCUT2D eigenvalue weighted by molar-refractivity contribution is 7.89. The summed E-state index contributed by atoms with van der Waals surface area (Å²) in [7, 11) is -1.70. The van der Waals surface area contributed by atoms with Gasteiger partial charge in [-0.15, -0.1) is 0 Å². The van der Waals surface area contributed by atoms with E-state index in [0.717, 1.165) is 0 Å². The Bertz CT molecular complexity index is 251. The molecular weight excluding hydrogens is 218 g/mol. The Hall–Kier alpha value is -0.170. The van der Waals surface area contributed by atoms with Crippen LogP contribution < -0.4 is 4.72 Å². The second-order valence-corrected chi connectivity index (χ2v) is 5.82. The lowest BCUT2D eigenvalue weighted by atomic mass is 10.3. The van der Waals surface area contributed by atoms with Gasteiger partial charge in [0.1, 0.15) is 0 Å². The minimum Gasteiger partial charge on any atom is -0.391 e. The van der Waals surface area contributed by atoms with E-state index in [-0.39, 0.29) is 24.8 Å². The van der Waals surface area contributed by atoms with Crippen molar-refractivity contribution in [1.29, 1.82) is 0 Å². The number of rotatable bonds is 8. The van der Waals surface area contributed by atoms with Crippen molar-refractivity contribution in [3.63, 3.8) is 0 Å². The van der Waals surface area contributed by atoms with Gasteiger partial charge in [-0.1, -0.05) is 13.8 Å². The third-order valence-electron chi connectivity index (χ3n) is 1.71. The Balaban J connectivity index is 3.75. The Morgan fingerprint density at radius 3 is 2.47 bits per heavy atom. The zero-order valence-corrected chi connectivity index (χ0v) is 10.4. The van der Waals surface area contributed by atoms with Gasteiger partial charge < -0.3 is 9.84 Å². The molecule has 0 aliphatic rings. The Morgan fingerprint density at radius 1 is 1.40 bits per heavy atom. The number of sulfonamides is 1. The first kappa shape index (κ1) is 14.8. The Morgan fingerprint density at radius 2 is 2.00 bits per heavy atom. The predicted molar refractivity (Wildman–Crippen MR) is 59.1 cm³/mol. The average molecular weight is 239 g/mol. The van der Waals surface area contributed by atoms with Crippen molar-refractivity contribution in [3.8, 4) is 0 Å². The van der Waals surface area contributed by atoms with E-state index in [1.165, 1.54) is 7.11 Å². The minimum absolute atomic E-state index is 0.103. The second kappa shape index (κ2) is 7.16. The zero-order valence-electron chi connectivity index (χ0n) is 9.56.